The summed E-state index contributed by atoms with van der Waals surface area (Å²) >= 11 is 3.57. The van der Waals surface area contributed by atoms with Crippen molar-refractivity contribution in [2.75, 3.05) is 18.4 Å². The van der Waals surface area contributed by atoms with E-state index in [1.165, 1.54) is 11.3 Å². The molecule has 0 radical (unpaired) electrons. The van der Waals surface area contributed by atoms with Gasteiger partial charge in [-0.1, -0.05) is 12.1 Å². The third-order valence-corrected chi connectivity index (χ3v) is 4.23. The fraction of sp³-hybridized carbons (Fsp3) is 0.417. The van der Waals surface area contributed by atoms with Gasteiger partial charge in [-0.25, -0.2) is 0 Å². The molecule has 3 rings (SSSR count). The number of nitrogens with one attached hydrogen (secondary N) is 1. The zero-order valence-corrected chi connectivity index (χ0v) is 10.4. The van der Waals surface area contributed by atoms with Crippen molar-refractivity contribution in [3.05, 3.63) is 28.2 Å². The van der Waals surface area contributed by atoms with Gasteiger partial charge < -0.3 is 10.2 Å². The molecule has 1 amide bonds. The summed E-state index contributed by atoms with van der Waals surface area (Å²) in [4.78, 5) is 12.7. The lowest BCUT2D eigenvalue weighted by molar-refractivity contribution is -0.119. The van der Waals surface area contributed by atoms with Gasteiger partial charge in [0.1, 0.15) is 0 Å². The SMILES string of the molecule is O=CN1CC[C@@H]2Nc3c(Br)cccc3[C@@H]2C1. The van der Waals surface area contributed by atoms with E-state index in [9.17, 15) is 4.79 Å². The lowest BCUT2D eigenvalue weighted by atomic mass is 9.90. The topological polar surface area (TPSA) is 32.3 Å². The number of carbonyl (C=O) groups excluding carboxylic acids is 1. The number of piperidine rings is 1. The Bertz CT molecular complexity index is 435. The molecule has 2 heterocycles. The maximum Gasteiger partial charge on any atom is 0.209 e. The summed E-state index contributed by atoms with van der Waals surface area (Å²) in [5, 5.41) is 3.56. The van der Waals surface area contributed by atoms with Gasteiger partial charge in [0.05, 0.1) is 5.69 Å². The van der Waals surface area contributed by atoms with Crippen molar-refractivity contribution in [1.29, 1.82) is 0 Å². The van der Waals surface area contributed by atoms with Crippen molar-refractivity contribution in [1.82, 2.24) is 4.90 Å². The molecule has 0 unspecified atom stereocenters. The Balaban J connectivity index is 1.97. The lowest BCUT2D eigenvalue weighted by Crippen LogP contribution is -2.41. The second-order valence-electron chi connectivity index (χ2n) is 4.45. The molecule has 2 aliphatic heterocycles. The molecule has 0 bridgehead atoms. The number of anilines is 1. The van der Waals surface area contributed by atoms with Crippen LogP contribution >= 0.6 is 15.9 Å². The van der Waals surface area contributed by atoms with Gasteiger partial charge in [-0.3, -0.25) is 4.79 Å². The van der Waals surface area contributed by atoms with Gasteiger partial charge in [-0.05, 0) is 34.0 Å². The molecule has 1 N–H and O–H groups in total. The van der Waals surface area contributed by atoms with Crippen LogP contribution in [0.4, 0.5) is 5.69 Å². The van der Waals surface area contributed by atoms with Gasteiger partial charge in [0.25, 0.3) is 0 Å². The van der Waals surface area contributed by atoms with E-state index in [0.29, 0.717) is 12.0 Å². The van der Waals surface area contributed by atoms with E-state index in [1.807, 2.05) is 4.90 Å². The minimum Gasteiger partial charge on any atom is -0.380 e. The zero-order chi connectivity index (χ0) is 11.1. The highest BCUT2D eigenvalue weighted by molar-refractivity contribution is 9.10. The van der Waals surface area contributed by atoms with Crippen LogP contribution in [0.3, 0.4) is 0 Å². The number of likely N-dealkylation sites (tertiary alicyclic amines) is 1. The predicted molar refractivity (Wildman–Crippen MR) is 66.5 cm³/mol. The Kier molecular flexibility index (Phi) is 2.39. The van der Waals surface area contributed by atoms with E-state index in [-0.39, 0.29) is 0 Å². The molecule has 0 saturated carbocycles. The zero-order valence-electron chi connectivity index (χ0n) is 8.82. The number of hydrogen-bond donors (Lipinski definition) is 1. The van der Waals surface area contributed by atoms with E-state index in [2.05, 4.69) is 39.4 Å². The minimum absolute atomic E-state index is 0.450. The van der Waals surface area contributed by atoms with Crippen molar-refractivity contribution in [3.63, 3.8) is 0 Å². The Morgan fingerprint density at radius 2 is 2.38 bits per heavy atom. The highest BCUT2D eigenvalue weighted by Gasteiger charge is 2.36. The highest BCUT2D eigenvalue weighted by atomic mass is 79.9. The van der Waals surface area contributed by atoms with E-state index < -0.39 is 0 Å². The molecule has 1 saturated heterocycles. The molecular formula is C12H13BrN2O. The molecule has 0 aliphatic carbocycles. The van der Waals surface area contributed by atoms with Crippen LogP contribution in [0.15, 0.2) is 22.7 Å². The largest absolute Gasteiger partial charge is 0.380 e. The summed E-state index contributed by atoms with van der Waals surface area (Å²) in [6.45, 7) is 1.70. The predicted octanol–water partition coefficient (Wildman–Crippen LogP) is 2.19. The van der Waals surface area contributed by atoms with Gasteiger partial charge in [0.15, 0.2) is 0 Å². The van der Waals surface area contributed by atoms with Gasteiger partial charge in [-0.2, -0.15) is 0 Å². The van der Waals surface area contributed by atoms with Crippen LogP contribution in [0, 0.1) is 0 Å². The first-order valence-corrected chi connectivity index (χ1v) is 6.33. The fourth-order valence-corrected chi connectivity index (χ4v) is 3.24. The Morgan fingerprint density at radius 1 is 1.50 bits per heavy atom. The lowest BCUT2D eigenvalue weighted by Gasteiger charge is -2.32. The third-order valence-electron chi connectivity index (χ3n) is 3.57. The summed E-state index contributed by atoms with van der Waals surface area (Å²) < 4.78 is 1.12. The Morgan fingerprint density at radius 3 is 3.19 bits per heavy atom. The normalized spacial score (nSPS) is 26.9. The summed E-state index contributed by atoms with van der Waals surface area (Å²) in [5.74, 6) is 0.450. The third kappa shape index (κ3) is 1.44. The molecule has 2 aliphatic rings. The standard InChI is InChI=1S/C12H13BrN2O/c13-10-3-1-2-8-9-6-15(7-16)5-4-11(9)14-12(8)10/h1-3,7,9,11,14H,4-6H2/t9-,11-/m0/s1. The van der Waals surface area contributed by atoms with Crippen LogP contribution in [0.1, 0.15) is 17.9 Å². The highest BCUT2D eigenvalue weighted by Crippen LogP contribution is 2.43. The second-order valence-corrected chi connectivity index (χ2v) is 5.30. The number of carbonyl (C=O) groups is 1. The first kappa shape index (κ1) is 10.1. The van der Waals surface area contributed by atoms with Crippen LogP contribution in [-0.2, 0) is 4.79 Å². The van der Waals surface area contributed by atoms with Crippen LogP contribution in [0.5, 0.6) is 0 Å². The minimum atomic E-state index is 0.450. The van der Waals surface area contributed by atoms with E-state index in [0.717, 1.165) is 30.4 Å². The molecule has 0 spiro atoms. The average molecular weight is 281 g/mol. The summed E-state index contributed by atoms with van der Waals surface area (Å²) in [6, 6.07) is 6.77. The van der Waals surface area contributed by atoms with E-state index in [1.54, 1.807) is 0 Å². The van der Waals surface area contributed by atoms with Gasteiger partial charge in [-0.15, -0.1) is 0 Å². The van der Waals surface area contributed by atoms with E-state index >= 15 is 0 Å². The van der Waals surface area contributed by atoms with Crippen molar-refractivity contribution in [2.45, 2.75) is 18.4 Å². The summed E-state index contributed by atoms with van der Waals surface area (Å²) in [7, 11) is 0. The van der Waals surface area contributed by atoms with Crippen LogP contribution in [0.2, 0.25) is 0 Å². The van der Waals surface area contributed by atoms with Crippen LogP contribution < -0.4 is 5.32 Å². The molecule has 4 heteroatoms. The van der Waals surface area contributed by atoms with Crippen molar-refractivity contribution in [3.8, 4) is 0 Å². The second kappa shape index (κ2) is 3.77. The number of benzene rings is 1. The number of amides is 1. The van der Waals surface area contributed by atoms with E-state index in [4.69, 9.17) is 0 Å². The molecule has 16 heavy (non-hydrogen) atoms. The Labute approximate surface area is 103 Å². The number of para-hydroxylation sites is 1. The molecular weight excluding hydrogens is 268 g/mol. The molecule has 1 aromatic rings. The molecule has 1 fully saturated rings. The summed E-state index contributed by atoms with van der Waals surface area (Å²) in [6.07, 6.45) is 2.00. The summed E-state index contributed by atoms with van der Waals surface area (Å²) in [5.41, 5.74) is 2.55. The molecule has 84 valence electrons. The van der Waals surface area contributed by atoms with Gasteiger partial charge in [0.2, 0.25) is 6.41 Å². The van der Waals surface area contributed by atoms with Crippen LogP contribution in [0.25, 0.3) is 0 Å². The maximum atomic E-state index is 10.8. The average Bonchev–Trinajstić information content (AvgIpc) is 2.68. The van der Waals surface area contributed by atoms with Crippen LogP contribution in [-0.4, -0.2) is 30.4 Å². The fourth-order valence-electron chi connectivity index (χ4n) is 2.75. The quantitative estimate of drug-likeness (QED) is 0.800. The number of fused-ring (bicyclic) bond motifs is 3. The molecule has 1 aromatic carbocycles. The van der Waals surface area contributed by atoms with Crippen molar-refractivity contribution in [2.24, 2.45) is 0 Å². The first-order valence-electron chi connectivity index (χ1n) is 5.54. The number of hydrogen-bond acceptors (Lipinski definition) is 2. The van der Waals surface area contributed by atoms with Gasteiger partial charge in [0, 0.05) is 29.5 Å². The molecule has 0 aromatic heterocycles. The monoisotopic (exact) mass is 280 g/mol. The number of nitrogens with zero attached hydrogens (tertiary/aromatic N) is 1. The number of rotatable bonds is 1. The first-order chi connectivity index (χ1) is 7.79. The molecule has 2 atom stereocenters. The maximum absolute atomic E-state index is 10.8. The number of halogens is 1. The van der Waals surface area contributed by atoms with Crippen molar-refractivity contribution < 1.29 is 4.79 Å². The molecule has 3 nitrogen and oxygen atoms in total. The van der Waals surface area contributed by atoms with Crippen molar-refractivity contribution >= 4 is 28.0 Å². The Hall–Kier alpha value is -1.03. The smallest absolute Gasteiger partial charge is 0.209 e. The van der Waals surface area contributed by atoms with Gasteiger partial charge >= 0.3 is 0 Å².